The quantitative estimate of drug-likeness (QED) is 0.417. The molecule has 2 aromatic rings. The molecule has 2 amide bonds. The predicted molar refractivity (Wildman–Crippen MR) is 136 cm³/mol. The molecule has 0 unspecified atom stereocenters. The lowest BCUT2D eigenvalue weighted by Crippen LogP contribution is -2.48. The summed E-state index contributed by atoms with van der Waals surface area (Å²) in [6.45, 7) is 11.6. The Kier molecular flexibility index (Phi) is 11.2. The Morgan fingerprint density at radius 3 is 2.32 bits per heavy atom. The normalized spacial score (nSPS) is 11.7. The first kappa shape index (κ1) is 27.5. The fraction of sp³-hybridized carbons (Fsp3) is 0.481. The van der Waals surface area contributed by atoms with Crippen molar-refractivity contribution in [3.8, 4) is 11.5 Å². The number of nitrogens with one attached hydrogen (secondary N) is 1. The van der Waals surface area contributed by atoms with Gasteiger partial charge in [0.2, 0.25) is 11.8 Å². The molecule has 186 valence electrons. The van der Waals surface area contributed by atoms with Gasteiger partial charge >= 0.3 is 0 Å². The van der Waals surface area contributed by atoms with Gasteiger partial charge < -0.3 is 19.7 Å². The number of hydrogen-bond donors (Lipinski definition) is 1. The van der Waals surface area contributed by atoms with Crippen molar-refractivity contribution in [2.24, 2.45) is 5.92 Å². The van der Waals surface area contributed by atoms with Crippen molar-refractivity contribution < 1.29 is 19.1 Å². The van der Waals surface area contributed by atoms with Crippen molar-refractivity contribution >= 4 is 23.4 Å². The van der Waals surface area contributed by atoms with Gasteiger partial charge in [-0.2, -0.15) is 0 Å². The molecule has 0 saturated heterocycles. The second-order valence-electron chi connectivity index (χ2n) is 8.58. The highest BCUT2D eigenvalue weighted by Crippen LogP contribution is 2.29. The second-order valence-corrected chi connectivity index (χ2v) is 8.98. The molecular formula is C27H37ClN2O4. The average Bonchev–Trinajstić information content (AvgIpc) is 2.81. The van der Waals surface area contributed by atoms with E-state index in [0.29, 0.717) is 48.6 Å². The van der Waals surface area contributed by atoms with Crippen molar-refractivity contribution in [3.63, 3.8) is 0 Å². The smallest absolute Gasteiger partial charge is 0.242 e. The molecule has 0 aliphatic rings. The third-order valence-electron chi connectivity index (χ3n) is 5.39. The topological polar surface area (TPSA) is 67.9 Å². The molecular weight excluding hydrogens is 452 g/mol. The van der Waals surface area contributed by atoms with E-state index in [1.807, 2.05) is 64.1 Å². The summed E-state index contributed by atoms with van der Waals surface area (Å²) in [5.74, 6) is 1.40. The second kappa shape index (κ2) is 13.9. The predicted octanol–water partition coefficient (Wildman–Crippen LogP) is 5.26. The average molecular weight is 489 g/mol. The first-order valence-corrected chi connectivity index (χ1v) is 12.3. The molecule has 0 spiro atoms. The highest BCUT2D eigenvalue weighted by atomic mass is 35.5. The van der Waals surface area contributed by atoms with E-state index in [4.69, 9.17) is 21.1 Å². The van der Waals surface area contributed by atoms with Crippen molar-refractivity contribution in [3.05, 3.63) is 58.6 Å². The first-order chi connectivity index (χ1) is 16.3. The standard InChI is InChI=1S/C27H37ClN2O4/c1-6-33-24-14-12-21(16-25(24)34-7-2)13-15-26(31)30(18-22-10-8-9-11-23(22)28)20(5)27(32)29-17-19(3)4/h8-12,14,16,19-20H,6-7,13,15,17-18H2,1-5H3,(H,29,32)/t20-/m0/s1. The summed E-state index contributed by atoms with van der Waals surface area (Å²) >= 11 is 6.36. The molecule has 7 heteroatoms. The summed E-state index contributed by atoms with van der Waals surface area (Å²) in [7, 11) is 0. The number of ether oxygens (including phenoxy) is 2. The van der Waals surface area contributed by atoms with Gasteiger partial charge in [-0.05, 0) is 62.4 Å². The summed E-state index contributed by atoms with van der Waals surface area (Å²) in [5, 5.41) is 3.51. The molecule has 1 atom stereocenters. The molecule has 0 bridgehead atoms. The number of amides is 2. The van der Waals surface area contributed by atoms with E-state index in [9.17, 15) is 9.59 Å². The number of rotatable bonds is 13. The van der Waals surface area contributed by atoms with E-state index in [1.165, 1.54) is 0 Å². The van der Waals surface area contributed by atoms with E-state index < -0.39 is 6.04 Å². The fourth-order valence-corrected chi connectivity index (χ4v) is 3.69. The lowest BCUT2D eigenvalue weighted by atomic mass is 10.1. The number of carbonyl (C=O) groups excluding carboxylic acids is 2. The maximum absolute atomic E-state index is 13.3. The minimum Gasteiger partial charge on any atom is -0.490 e. The minimum absolute atomic E-state index is 0.112. The molecule has 34 heavy (non-hydrogen) atoms. The summed E-state index contributed by atoms with van der Waals surface area (Å²) in [6.07, 6.45) is 0.774. The van der Waals surface area contributed by atoms with Gasteiger partial charge in [0.05, 0.1) is 13.2 Å². The number of hydrogen-bond acceptors (Lipinski definition) is 4. The van der Waals surface area contributed by atoms with Gasteiger partial charge in [-0.15, -0.1) is 0 Å². The molecule has 1 N–H and O–H groups in total. The Hall–Kier alpha value is -2.73. The SMILES string of the molecule is CCOc1ccc(CCC(=O)N(Cc2ccccc2Cl)[C@@H](C)C(=O)NCC(C)C)cc1OCC. The van der Waals surface area contributed by atoms with Crippen LogP contribution in [0.3, 0.4) is 0 Å². The van der Waals surface area contributed by atoms with Crippen LogP contribution in [0, 0.1) is 5.92 Å². The van der Waals surface area contributed by atoms with Crippen LogP contribution in [-0.4, -0.2) is 42.5 Å². The molecule has 6 nitrogen and oxygen atoms in total. The number of carbonyl (C=O) groups is 2. The van der Waals surface area contributed by atoms with Crippen molar-refractivity contribution in [2.45, 2.75) is 60.0 Å². The van der Waals surface area contributed by atoms with Gasteiger partial charge in [0.25, 0.3) is 0 Å². The minimum atomic E-state index is -0.623. The number of benzene rings is 2. The van der Waals surface area contributed by atoms with Gasteiger partial charge in [0, 0.05) is 24.5 Å². The maximum Gasteiger partial charge on any atom is 0.242 e. The van der Waals surface area contributed by atoms with Crippen molar-refractivity contribution in [1.29, 1.82) is 0 Å². The van der Waals surface area contributed by atoms with Gasteiger partial charge in [0.1, 0.15) is 6.04 Å². The van der Waals surface area contributed by atoms with Crippen LogP contribution in [0.5, 0.6) is 11.5 Å². The Morgan fingerprint density at radius 1 is 1.00 bits per heavy atom. The third kappa shape index (κ3) is 8.24. The zero-order valence-electron chi connectivity index (χ0n) is 20.9. The molecule has 0 saturated carbocycles. The van der Waals surface area contributed by atoms with Crippen LogP contribution in [-0.2, 0) is 22.6 Å². The molecule has 0 aliphatic carbocycles. The van der Waals surface area contributed by atoms with Gasteiger partial charge in [-0.25, -0.2) is 0 Å². The van der Waals surface area contributed by atoms with E-state index >= 15 is 0 Å². The highest BCUT2D eigenvalue weighted by Gasteiger charge is 2.26. The third-order valence-corrected chi connectivity index (χ3v) is 5.75. The maximum atomic E-state index is 13.3. The van der Waals surface area contributed by atoms with Crippen LogP contribution >= 0.6 is 11.6 Å². The Balaban J connectivity index is 2.18. The van der Waals surface area contributed by atoms with E-state index in [-0.39, 0.29) is 24.8 Å². The number of nitrogens with zero attached hydrogens (tertiary/aromatic N) is 1. The van der Waals surface area contributed by atoms with Gasteiger partial charge in [0.15, 0.2) is 11.5 Å². The molecule has 0 aliphatic heterocycles. The highest BCUT2D eigenvalue weighted by molar-refractivity contribution is 6.31. The molecule has 0 aromatic heterocycles. The largest absolute Gasteiger partial charge is 0.490 e. The summed E-state index contributed by atoms with van der Waals surface area (Å²) < 4.78 is 11.3. The van der Waals surface area contributed by atoms with Crippen LogP contribution in [0.1, 0.15) is 52.2 Å². The molecule has 0 heterocycles. The zero-order chi connectivity index (χ0) is 25.1. The van der Waals surface area contributed by atoms with Crippen LogP contribution in [0.25, 0.3) is 0 Å². The van der Waals surface area contributed by atoms with E-state index in [2.05, 4.69) is 5.32 Å². The van der Waals surface area contributed by atoms with E-state index in [0.717, 1.165) is 11.1 Å². The van der Waals surface area contributed by atoms with Crippen LogP contribution in [0.4, 0.5) is 0 Å². The van der Waals surface area contributed by atoms with Gasteiger partial charge in [-0.3, -0.25) is 9.59 Å². The van der Waals surface area contributed by atoms with E-state index in [1.54, 1.807) is 17.9 Å². The number of aryl methyl sites for hydroxylation is 1. The molecule has 0 fully saturated rings. The monoisotopic (exact) mass is 488 g/mol. The zero-order valence-corrected chi connectivity index (χ0v) is 21.7. The van der Waals surface area contributed by atoms with Crippen LogP contribution in [0.2, 0.25) is 5.02 Å². The van der Waals surface area contributed by atoms with Crippen LogP contribution < -0.4 is 14.8 Å². The Morgan fingerprint density at radius 2 is 1.68 bits per heavy atom. The molecule has 2 aromatic carbocycles. The molecule has 0 radical (unpaired) electrons. The lowest BCUT2D eigenvalue weighted by Gasteiger charge is -2.29. The summed E-state index contributed by atoms with van der Waals surface area (Å²) in [5.41, 5.74) is 1.77. The lowest BCUT2D eigenvalue weighted by molar-refractivity contribution is -0.140. The summed E-state index contributed by atoms with van der Waals surface area (Å²) in [6, 6.07) is 12.5. The van der Waals surface area contributed by atoms with Gasteiger partial charge in [-0.1, -0.05) is 49.7 Å². The fourth-order valence-electron chi connectivity index (χ4n) is 3.49. The molecule has 2 rings (SSSR count). The number of halogens is 1. The Labute approximate surface area is 208 Å². The van der Waals surface area contributed by atoms with Crippen molar-refractivity contribution in [2.75, 3.05) is 19.8 Å². The van der Waals surface area contributed by atoms with Crippen LogP contribution in [0.15, 0.2) is 42.5 Å². The van der Waals surface area contributed by atoms with Crippen molar-refractivity contribution in [1.82, 2.24) is 10.2 Å². The summed E-state index contributed by atoms with van der Waals surface area (Å²) in [4.78, 5) is 27.7. The first-order valence-electron chi connectivity index (χ1n) is 12.0. The Bertz CT molecular complexity index is 948.